The Labute approximate surface area is 105 Å². The van der Waals surface area contributed by atoms with Crippen LogP contribution in [0.1, 0.15) is 5.56 Å². The van der Waals surface area contributed by atoms with Gasteiger partial charge in [0.15, 0.2) is 9.84 Å². The predicted molar refractivity (Wildman–Crippen MR) is 75.7 cm³/mol. The molecular weight excluding hydrogens is 248 g/mol. The van der Waals surface area contributed by atoms with Crippen molar-refractivity contribution in [3.05, 3.63) is 42.5 Å². The van der Waals surface area contributed by atoms with E-state index in [2.05, 4.69) is 6.58 Å². The Morgan fingerprint density at radius 2 is 1.65 bits per heavy atom. The Balaban J connectivity index is 3.27. The summed E-state index contributed by atoms with van der Waals surface area (Å²) < 4.78 is 25.0. The van der Waals surface area contributed by atoms with Crippen molar-refractivity contribution in [3.63, 3.8) is 0 Å². The first-order valence-corrected chi connectivity index (χ1v) is 10.7. The molecule has 0 aromatic heterocycles. The van der Waals surface area contributed by atoms with Crippen molar-refractivity contribution in [2.45, 2.75) is 36.3 Å². The topological polar surface area (TPSA) is 34.1 Å². The van der Waals surface area contributed by atoms with Gasteiger partial charge in [-0.2, -0.15) is 0 Å². The molecule has 0 amide bonds. The van der Waals surface area contributed by atoms with Gasteiger partial charge in [0.1, 0.15) is 0 Å². The van der Waals surface area contributed by atoms with Gasteiger partial charge in [0, 0.05) is 0 Å². The van der Waals surface area contributed by atoms with E-state index >= 15 is 0 Å². The Bertz CT molecular complexity index is 495. The second kappa shape index (κ2) is 4.78. The van der Waals surface area contributed by atoms with Gasteiger partial charge < -0.3 is 0 Å². The van der Waals surface area contributed by atoms with Crippen LogP contribution in [0, 0.1) is 6.92 Å². The van der Waals surface area contributed by atoms with E-state index < -0.39 is 22.8 Å². The highest BCUT2D eigenvalue weighted by atomic mass is 32.2. The van der Waals surface area contributed by atoms with Crippen LogP contribution in [0.25, 0.3) is 0 Å². The lowest BCUT2D eigenvalue weighted by Crippen LogP contribution is -2.42. The van der Waals surface area contributed by atoms with Crippen LogP contribution < -0.4 is 0 Å². The molecule has 4 heteroatoms. The summed E-state index contributed by atoms with van der Waals surface area (Å²) in [5.41, 5.74) is 1.06. The highest BCUT2D eigenvalue weighted by molar-refractivity contribution is 7.94. The van der Waals surface area contributed by atoms with Gasteiger partial charge in [-0.05, 0) is 19.1 Å². The third-order valence-corrected chi connectivity index (χ3v) is 9.54. The summed E-state index contributed by atoms with van der Waals surface area (Å²) in [6, 6.07) is 7.02. The number of rotatable bonds is 4. The first-order valence-electron chi connectivity index (χ1n) is 5.62. The summed E-state index contributed by atoms with van der Waals surface area (Å²) in [6.07, 6.45) is 1.58. The second-order valence-corrected chi connectivity index (χ2v) is 13.2. The Morgan fingerprint density at radius 3 is 2.00 bits per heavy atom. The summed E-state index contributed by atoms with van der Waals surface area (Å²) >= 11 is 0. The molecule has 0 bridgehead atoms. The van der Waals surface area contributed by atoms with E-state index in [1.807, 2.05) is 38.7 Å². The molecule has 0 N–H and O–H groups in total. The zero-order valence-corrected chi connectivity index (χ0v) is 12.7. The molecule has 0 aliphatic rings. The quantitative estimate of drug-likeness (QED) is 0.621. The third-order valence-electron chi connectivity index (χ3n) is 2.75. The van der Waals surface area contributed by atoms with Crippen molar-refractivity contribution in [2.24, 2.45) is 0 Å². The lowest BCUT2D eigenvalue weighted by Gasteiger charge is -2.25. The molecule has 1 aromatic rings. The summed E-state index contributed by atoms with van der Waals surface area (Å²) in [4.78, 5) is -0.0341. The van der Waals surface area contributed by atoms with Crippen molar-refractivity contribution in [1.82, 2.24) is 0 Å². The van der Waals surface area contributed by atoms with Crippen LogP contribution in [0.2, 0.25) is 19.6 Å². The van der Waals surface area contributed by atoms with Gasteiger partial charge in [0.05, 0.1) is 17.8 Å². The van der Waals surface area contributed by atoms with Gasteiger partial charge in [0.2, 0.25) is 0 Å². The minimum Gasteiger partial charge on any atom is -0.223 e. The average molecular weight is 268 g/mol. The molecule has 1 rings (SSSR count). The molecule has 1 atom stereocenters. The lowest BCUT2D eigenvalue weighted by molar-refractivity contribution is 0.596. The fourth-order valence-electron chi connectivity index (χ4n) is 1.82. The maximum Gasteiger partial charge on any atom is 0.182 e. The van der Waals surface area contributed by atoms with Gasteiger partial charge >= 0.3 is 0 Å². The number of benzene rings is 1. The molecule has 94 valence electrons. The lowest BCUT2D eigenvalue weighted by atomic mass is 10.2. The SMILES string of the molecule is C=CC([Si](C)(C)C)S(=O)(=O)c1ccc(C)cc1. The van der Waals surface area contributed by atoms with E-state index in [0.717, 1.165) is 5.56 Å². The smallest absolute Gasteiger partial charge is 0.182 e. The highest BCUT2D eigenvalue weighted by Crippen LogP contribution is 2.24. The fraction of sp³-hybridized carbons (Fsp3) is 0.385. The average Bonchev–Trinajstić information content (AvgIpc) is 2.16. The van der Waals surface area contributed by atoms with Crippen LogP contribution in [0.5, 0.6) is 0 Å². The van der Waals surface area contributed by atoms with Crippen LogP contribution in [0.4, 0.5) is 0 Å². The molecule has 0 saturated carbocycles. The standard InChI is InChI=1S/C13H20O2SSi/c1-6-13(17(3,4)5)16(14,15)12-9-7-11(2)8-10-12/h6-10,13H,1H2,2-5H3. The van der Waals surface area contributed by atoms with Crippen molar-refractivity contribution >= 4 is 17.9 Å². The Kier molecular flexibility index (Phi) is 3.99. The zero-order valence-electron chi connectivity index (χ0n) is 10.9. The highest BCUT2D eigenvalue weighted by Gasteiger charge is 2.36. The minimum atomic E-state index is -3.28. The summed E-state index contributed by atoms with van der Waals surface area (Å²) in [7, 11) is -5.11. The van der Waals surface area contributed by atoms with Gasteiger partial charge in [-0.15, -0.1) is 6.58 Å². The Hall–Kier alpha value is -0.873. The van der Waals surface area contributed by atoms with Crippen molar-refractivity contribution in [2.75, 3.05) is 0 Å². The number of hydrogen-bond donors (Lipinski definition) is 0. The first-order chi connectivity index (χ1) is 7.69. The van der Waals surface area contributed by atoms with E-state index in [-0.39, 0.29) is 0 Å². The minimum absolute atomic E-state index is 0.399. The zero-order chi connectivity index (χ0) is 13.3. The third kappa shape index (κ3) is 3.07. The van der Waals surface area contributed by atoms with Gasteiger partial charge in [-0.3, -0.25) is 0 Å². The molecule has 0 saturated heterocycles. The molecule has 0 radical (unpaired) electrons. The predicted octanol–water partition coefficient (Wildman–Crippen LogP) is 3.20. The molecule has 0 heterocycles. The van der Waals surface area contributed by atoms with Crippen LogP contribution in [-0.4, -0.2) is 21.4 Å². The molecular formula is C13H20O2SSi. The number of aryl methyl sites for hydroxylation is 1. The maximum atomic E-state index is 12.5. The second-order valence-electron chi connectivity index (χ2n) is 5.38. The molecule has 17 heavy (non-hydrogen) atoms. The van der Waals surface area contributed by atoms with Crippen LogP contribution in [-0.2, 0) is 9.84 Å². The summed E-state index contributed by atoms with van der Waals surface area (Å²) in [6.45, 7) is 11.8. The molecule has 0 aliphatic carbocycles. The first kappa shape index (κ1) is 14.2. The van der Waals surface area contributed by atoms with Gasteiger partial charge in [-0.1, -0.05) is 43.4 Å². The Morgan fingerprint density at radius 1 is 1.18 bits per heavy atom. The van der Waals surface area contributed by atoms with E-state index in [4.69, 9.17) is 0 Å². The molecule has 2 nitrogen and oxygen atoms in total. The number of hydrogen-bond acceptors (Lipinski definition) is 2. The molecule has 0 spiro atoms. The van der Waals surface area contributed by atoms with Crippen LogP contribution in [0.15, 0.2) is 41.8 Å². The largest absolute Gasteiger partial charge is 0.223 e. The van der Waals surface area contributed by atoms with Crippen molar-refractivity contribution in [3.8, 4) is 0 Å². The summed E-state index contributed by atoms with van der Waals surface area (Å²) in [5.74, 6) is 0. The van der Waals surface area contributed by atoms with E-state index in [1.54, 1.807) is 18.2 Å². The van der Waals surface area contributed by atoms with E-state index in [9.17, 15) is 8.42 Å². The molecule has 0 aliphatic heterocycles. The summed E-state index contributed by atoms with van der Waals surface area (Å²) in [5, 5.41) is 0. The van der Waals surface area contributed by atoms with Gasteiger partial charge in [0.25, 0.3) is 0 Å². The van der Waals surface area contributed by atoms with Gasteiger partial charge in [-0.25, -0.2) is 8.42 Å². The molecule has 1 unspecified atom stereocenters. The molecule has 0 fully saturated rings. The van der Waals surface area contributed by atoms with Crippen molar-refractivity contribution in [1.29, 1.82) is 0 Å². The van der Waals surface area contributed by atoms with Crippen molar-refractivity contribution < 1.29 is 8.42 Å². The van der Waals surface area contributed by atoms with Crippen LogP contribution in [0.3, 0.4) is 0 Å². The molecule has 1 aromatic carbocycles. The monoisotopic (exact) mass is 268 g/mol. The van der Waals surface area contributed by atoms with Crippen LogP contribution >= 0.6 is 0 Å². The van der Waals surface area contributed by atoms with E-state index in [0.29, 0.717) is 4.90 Å². The fourth-order valence-corrected chi connectivity index (χ4v) is 7.72. The number of sulfone groups is 1. The normalized spacial score (nSPS) is 14.4. The maximum absolute atomic E-state index is 12.5. The van der Waals surface area contributed by atoms with E-state index in [1.165, 1.54) is 0 Å².